The Hall–Kier alpha value is -2.50. The molecule has 4 rings (SSSR count). The molecular formula is C24H30N4O. The summed E-state index contributed by atoms with van der Waals surface area (Å²) < 4.78 is 5.54. The second-order valence-electron chi connectivity index (χ2n) is 8.12. The highest BCUT2D eigenvalue weighted by Gasteiger charge is 2.30. The second kappa shape index (κ2) is 8.89. The molecule has 0 saturated carbocycles. The molecule has 1 fully saturated rings. The van der Waals surface area contributed by atoms with E-state index in [9.17, 15) is 0 Å². The summed E-state index contributed by atoms with van der Waals surface area (Å²) in [5, 5.41) is 4.13. The summed E-state index contributed by atoms with van der Waals surface area (Å²) in [6.45, 7) is 10.3. The Morgan fingerprint density at radius 3 is 1.76 bits per heavy atom. The van der Waals surface area contributed by atoms with Gasteiger partial charge in [0.1, 0.15) is 0 Å². The fourth-order valence-corrected chi connectivity index (χ4v) is 4.08. The van der Waals surface area contributed by atoms with Crippen LogP contribution in [-0.2, 0) is 0 Å². The third-order valence-electron chi connectivity index (χ3n) is 5.82. The Kier molecular flexibility index (Phi) is 6.07. The third kappa shape index (κ3) is 4.41. The van der Waals surface area contributed by atoms with Crippen molar-refractivity contribution in [1.82, 2.24) is 19.9 Å². The Bertz CT molecular complexity index is 846. The molecule has 1 aliphatic rings. The van der Waals surface area contributed by atoms with Crippen molar-refractivity contribution < 1.29 is 4.52 Å². The summed E-state index contributed by atoms with van der Waals surface area (Å²) in [5.74, 6) is 1.80. The first-order valence-corrected chi connectivity index (χ1v) is 10.5. The van der Waals surface area contributed by atoms with E-state index in [-0.39, 0.29) is 18.0 Å². The van der Waals surface area contributed by atoms with E-state index in [0.29, 0.717) is 0 Å². The molecule has 1 atom stereocenters. The number of hydrogen-bond acceptors (Lipinski definition) is 5. The van der Waals surface area contributed by atoms with Gasteiger partial charge in [-0.25, -0.2) is 0 Å². The highest BCUT2D eigenvalue weighted by Crippen LogP contribution is 2.31. The summed E-state index contributed by atoms with van der Waals surface area (Å²) in [6, 6.07) is 22.1. The summed E-state index contributed by atoms with van der Waals surface area (Å²) in [6.07, 6.45) is 0. The van der Waals surface area contributed by atoms with Gasteiger partial charge in [0, 0.05) is 32.1 Å². The Morgan fingerprint density at radius 1 is 0.759 bits per heavy atom. The number of hydrogen-bond donors (Lipinski definition) is 0. The SMILES string of the molecule is CC(C)c1noc([C@H](C)N2CCN(C(c3ccccc3)c3ccccc3)CC2)n1. The molecule has 1 saturated heterocycles. The summed E-state index contributed by atoms with van der Waals surface area (Å²) in [4.78, 5) is 9.63. The monoisotopic (exact) mass is 390 g/mol. The zero-order valence-corrected chi connectivity index (χ0v) is 17.5. The lowest BCUT2D eigenvalue weighted by atomic mass is 9.96. The van der Waals surface area contributed by atoms with Gasteiger partial charge in [0.05, 0.1) is 12.1 Å². The molecule has 2 heterocycles. The minimum atomic E-state index is 0.143. The van der Waals surface area contributed by atoms with Gasteiger partial charge in [0.25, 0.3) is 0 Å². The average molecular weight is 391 g/mol. The zero-order chi connectivity index (χ0) is 20.2. The number of aromatic nitrogens is 2. The summed E-state index contributed by atoms with van der Waals surface area (Å²) in [5.41, 5.74) is 2.69. The highest BCUT2D eigenvalue weighted by molar-refractivity contribution is 5.32. The predicted molar refractivity (Wildman–Crippen MR) is 115 cm³/mol. The van der Waals surface area contributed by atoms with Crippen LogP contribution in [0.25, 0.3) is 0 Å². The lowest BCUT2D eigenvalue weighted by Gasteiger charge is -2.41. The van der Waals surface area contributed by atoms with Crippen LogP contribution in [0.4, 0.5) is 0 Å². The minimum absolute atomic E-state index is 0.143. The van der Waals surface area contributed by atoms with E-state index in [1.165, 1.54) is 11.1 Å². The van der Waals surface area contributed by atoms with Crippen LogP contribution in [0.3, 0.4) is 0 Å². The van der Waals surface area contributed by atoms with Crippen molar-refractivity contribution in [3.8, 4) is 0 Å². The lowest BCUT2D eigenvalue weighted by molar-refractivity contribution is 0.0726. The average Bonchev–Trinajstić information content (AvgIpc) is 3.26. The van der Waals surface area contributed by atoms with Crippen molar-refractivity contribution in [2.75, 3.05) is 26.2 Å². The van der Waals surface area contributed by atoms with Gasteiger partial charge in [-0.1, -0.05) is 79.7 Å². The van der Waals surface area contributed by atoms with Gasteiger partial charge >= 0.3 is 0 Å². The normalized spacial score (nSPS) is 17.1. The quantitative estimate of drug-likeness (QED) is 0.612. The van der Waals surface area contributed by atoms with Crippen molar-refractivity contribution >= 4 is 0 Å². The first kappa shape index (κ1) is 19.8. The first-order chi connectivity index (χ1) is 14.1. The molecule has 0 spiro atoms. The van der Waals surface area contributed by atoms with Crippen LogP contribution in [0.2, 0.25) is 0 Å². The van der Waals surface area contributed by atoms with Gasteiger partial charge in [-0.05, 0) is 18.1 Å². The molecule has 0 aliphatic carbocycles. The van der Waals surface area contributed by atoms with Crippen LogP contribution in [0, 0.1) is 0 Å². The molecule has 1 aliphatic heterocycles. The molecule has 1 aromatic heterocycles. The fourth-order valence-electron chi connectivity index (χ4n) is 4.08. The molecule has 0 radical (unpaired) electrons. The van der Waals surface area contributed by atoms with Crippen LogP contribution in [0.5, 0.6) is 0 Å². The largest absolute Gasteiger partial charge is 0.338 e. The van der Waals surface area contributed by atoms with Gasteiger partial charge in [-0.2, -0.15) is 4.98 Å². The molecule has 5 heteroatoms. The molecule has 0 amide bonds. The maximum Gasteiger partial charge on any atom is 0.243 e. The predicted octanol–water partition coefficient (Wildman–Crippen LogP) is 4.66. The topological polar surface area (TPSA) is 45.4 Å². The van der Waals surface area contributed by atoms with E-state index in [1.54, 1.807) is 0 Å². The fraction of sp³-hybridized carbons (Fsp3) is 0.417. The number of piperazine rings is 1. The molecular weight excluding hydrogens is 360 g/mol. The van der Waals surface area contributed by atoms with E-state index in [1.807, 2.05) is 0 Å². The first-order valence-electron chi connectivity index (χ1n) is 10.5. The summed E-state index contributed by atoms with van der Waals surface area (Å²) >= 11 is 0. The standard InChI is InChI=1S/C24H30N4O/c1-18(2)23-25-24(29-26-23)19(3)27-14-16-28(17-15-27)22(20-10-6-4-7-11-20)21-12-8-5-9-13-21/h4-13,18-19,22H,14-17H2,1-3H3/t19-/m0/s1. The van der Waals surface area contributed by atoms with Gasteiger partial charge < -0.3 is 4.52 Å². The molecule has 152 valence electrons. The second-order valence-corrected chi connectivity index (χ2v) is 8.12. The molecule has 3 aromatic rings. The number of nitrogens with zero attached hydrogens (tertiary/aromatic N) is 4. The number of rotatable bonds is 6. The molecule has 29 heavy (non-hydrogen) atoms. The molecule has 2 aromatic carbocycles. The van der Waals surface area contributed by atoms with Crippen LogP contribution in [-0.4, -0.2) is 46.1 Å². The van der Waals surface area contributed by atoms with E-state index in [0.717, 1.165) is 37.9 Å². The van der Waals surface area contributed by atoms with Gasteiger partial charge in [0.2, 0.25) is 5.89 Å². The van der Waals surface area contributed by atoms with E-state index >= 15 is 0 Å². The molecule has 5 nitrogen and oxygen atoms in total. The van der Waals surface area contributed by atoms with Crippen molar-refractivity contribution in [1.29, 1.82) is 0 Å². The molecule has 0 N–H and O–H groups in total. The Morgan fingerprint density at radius 2 is 1.28 bits per heavy atom. The highest BCUT2D eigenvalue weighted by atomic mass is 16.5. The van der Waals surface area contributed by atoms with Crippen molar-refractivity contribution in [2.24, 2.45) is 0 Å². The Balaban J connectivity index is 1.48. The van der Waals surface area contributed by atoms with Crippen molar-refractivity contribution in [2.45, 2.75) is 38.8 Å². The van der Waals surface area contributed by atoms with Crippen molar-refractivity contribution in [3.63, 3.8) is 0 Å². The third-order valence-corrected chi connectivity index (χ3v) is 5.82. The zero-order valence-electron chi connectivity index (χ0n) is 17.5. The van der Waals surface area contributed by atoms with Crippen molar-refractivity contribution in [3.05, 3.63) is 83.5 Å². The van der Waals surface area contributed by atoms with Gasteiger partial charge in [-0.3, -0.25) is 9.80 Å². The lowest BCUT2D eigenvalue weighted by Crippen LogP contribution is -2.48. The van der Waals surface area contributed by atoms with Gasteiger partial charge in [-0.15, -0.1) is 0 Å². The van der Waals surface area contributed by atoms with Crippen LogP contribution >= 0.6 is 0 Å². The number of benzene rings is 2. The molecule has 0 unspecified atom stereocenters. The maximum atomic E-state index is 5.54. The Labute approximate surface area is 173 Å². The van der Waals surface area contributed by atoms with Gasteiger partial charge in [0.15, 0.2) is 5.82 Å². The van der Waals surface area contributed by atoms with Crippen LogP contribution in [0.15, 0.2) is 65.2 Å². The summed E-state index contributed by atoms with van der Waals surface area (Å²) in [7, 11) is 0. The van der Waals surface area contributed by atoms with E-state index in [2.05, 4.69) is 101 Å². The van der Waals surface area contributed by atoms with E-state index < -0.39 is 0 Å². The van der Waals surface area contributed by atoms with Crippen LogP contribution in [0.1, 0.15) is 61.6 Å². The van der Waals surface area contributed by atoms with Crippen LogP contribution < -0.4 is 0 Å². The minimum Gasteiger partial charge on any atom is -0.338 e. The smallest absolute Gasteiger partial charge is 0.243 e. The molecule has 0 bridgehead atoms. The maximum absolute atomic E-state index is 5.54. The van der Waals surface area contributed by atoms with E-state index in [4.69, 9.17) is 4.52 Å².